The monoisotopic (exact) mass is 284 g/mol. The first-order valence-electron chi connectivity index (χ1n) is 6.22. The van der Waals surface area contributed by atoms with Gasteiger partial charge in [-0.15, -0.1) is 0 Å². The molecular formula is C16H13ClN2O. The summed E-state index contributed by atoms with van der Waals surface area (Å²) in [6.45, 7) is 0.353. The molecule has 0 aromatic heterocycles. The number of rotatable bonds is 4. The van der Waals surface area contributed by atoms with Gasteiger partial charge < -0.3 is 4.90 Å². The predicted octanol–water partition coefficient (Wildman–Crippen LogP) is 3.90. The summed E-state index contributed by atoms with van der Waals surface area (Å²) in [6.07, 6.45) is 0.279. The van der Waals surface area contributed by atoms with Crippen LogP contribution in [0.25, 0.3) is 0 Å². The summed E-state index contributed by atoms with van der Waals surface area (Å²) in [6, 6.07) is 18.2. The zero-order chi connectivity index (χ0) is 14.4. The third-order valence-corrected chi connectivity index (χ3v) is 3.07. The second-order valence-corrected chi connectivity index (χ2v) is 4.65. The molecule has 3 nitrogen and oxygen atoms in total. The van der Waals surface area contributed by atoms with Crippen LogP contribution < -0.4 is 4.90 Å². The van der Waals surface area contributed by atoms with E-state index < -0.39 is 0 Å². The molecule has 0 spiro atoms. The molecule has 0 radical (unpaired) electrons. The second-order valence-electron chi connectivity index (χ2n) is 4.21. The van der Waals surface area contributed by atoms with Crippen molar-refractivity contribution >= 4 is 23.2 Å². The fourth-order valence-electron chi connectivity index (χ4n) is 1.89. The zero-order valence-electron chi connectivity index (χ0n) is 10.8. The SMILES string of the molecule is N#CCCN(C(=O)c1cccc(Cl)c1)c1ccccc1. The van der Waals surface area contributed by atoms with Gasteiger partial charge in [0.05, 0.1) is 12.5 Å². The molecule has 0 aliphatic carbocycles. The number of carbonyl (C=O) groups is 1. The Bertz CT molecular complexity index is 634. The van der Waals surface area contributed by atoms with Gasteiger partial charge in [0.25, 0.3) is 5.91 Å². The van der Waals surface area contributed by atoms with Crippen molar-refractivity contribution in [1.82, 2.24) is 0 Å². The number of halogens is 1. The maximum atomic E-state index is 12.6. The van der Waals surface area contributed by atoms with Gasteiger partial charge in [0.2, 0.25) is 0 Å². The average Bonchev–Trinajstić information content (AvgIpc) is 2.48. The van der Waals surface area contributed by atoms with Gasteiger partial charge in [-0.05, 0) is 30.3 Å². The highest BCUT2D eigenvalue weighted by Gasteiger charge is 2.17. The predicted molar refractivity (Wildman–Crippen MR) is 79.8 cm³/mol. The van der Waals surface area contributed by atoms with Gasteiger partial charge in [0, 0.05) is 22.8 Å². The number of amides is 1. The first-order chi connectivity index (χ1) is 9.72. The molecule has 0 fully saturated rings. The van der Waals surface area contributed by atoms with Gasteiger partial charge in [-0.1, -0.05) is 35.9 Å². The van der Waals surface area contributed by atoms with Crippen LogP contribution in [0.1, 0.15) is 16.8 Å². The fraction of sp³-hybridized carbons (Fsp3) is 0.125. The maximum absolute atomic E-state index is 12.6. The van der Waals surface area contributed by atoms with Crippen molar-refractivity contribution in [3.8, 4) is 6.07 Å². The quantitative estimate of drug-likeness (QED) is 0.854. The van der Waals surface area contributed by atoms with Crippen LogP contribution in [0, 0.1) is 11.3 Å². The molecule has 2 aromatic rings. The summed E-state index contributed by atoms with van der Waals surface area (Å²) in [5.74, 6) is -0.158. The van der Waals surface area contributed by atoms with E-state index in [0.717, 1.165) is 5.69 Å². The zero-order valence-corrected chi connectivity index (χ0v) is 11.5. The second kappa shape index (κ2) is 6.74. The first-order valence-corrected chi connectivity index (χ1v) is 6.59. The number of para-hydroxylation sites is 1. The molecular weight excluding hydrogens is 272 g/mol. The van der Waals surface area contributed by atoms with Crippen molar-refractivity contribution in [2.75, 3.05) is 11.4 Å². The van der Waals surface area contributed by atoms with Crippen LogP contribution >= 0.6 is 11.6 Å². The molecule has 20 heavy (non-hydrogen) atoms. The lowest BCUT2D eigenvalue weighted by Gasteiger charge is -2.22. The number of hydrogen-bond acceptors (Lipinski definition) is 2. The van der Waals surface area contributed by atoms with Crippen molar-refractivity contribution < 1.29 is 4.79 Å². The minimum atomic E-state index is -0.158. The third-order valence-electron chi connectivity index (χ3n) is 2.83. The highest BCUT2D eigenvalue weighted by Crippen LogP contribution is 2.19. The third kappa shape index (κ3) is 3.37. The lowest BCUT2D eigenvalue weighted by atomic mass is 10.1. The van der Waals surface area contributed by atoms with Crippen LogP contribution in [-0.2, 0) is 0 Å². The van der Waals surface area contributed by atoms with E-state index in [1.54, 1.807) is 29.2 Å². The number of anilines is 1. The van der Waals surface area contributed by atoms with Crippen molar-refractivity contribution in [3.05, 3.63) is 65.2 Å². The van der Waals surface area contributed by atoms with E-state index in [4.69, 9.17) is 16.9 Å². The number of hydrogen-bond donors (Lipinski definition) is 0. The van der Waals surface area contributed by atoms with E-state index in [0.29, 0.717) is 17.1 Å². The molecule has 0 unspecified atom stereocenters. The van der Waals surface area contributed by atoms with Crippen LogP contribution in [-0.4, -0.2) is 12.5 Å². The Morgan fingerprint density at radius 1 is 1.15 bits per heavy atom. The highest BCUT2D eigenvalue weighted by atomic mass is 35.5. The van der Waals surface area contributed by atoms with Gasteiger partial charge in [-0.25, -0.2) is 0 Å². The summed E-state index contributed by atoms with van der Waals surface area (Å²) in [5.41, 5.74) is 1.28. The largest absolute Gasteiger partial charge is 0.307 e. The van der Waals surface area contributed by atoms with Crippen LogP contribution in [0.3, 0.4) is 0 Å². The smallest absolute Gasteiger partial charge is 0.258 e. The van der Waals surface area contributed by atoms with E-state index in [1.165, 1.54) is 0 Å². The molecule has 0 saturated carbocycles. The summed E-state index contributed by atoms with van der Waals surface area (Å²) < 4.78 is 0. The van der Waals surface area contributed by atoms with Crippen molar-refractivity contribution in [2.24, 2.45) is 0 Å². The Morgan fingerprint density at radius 3 is 2.55 bits per heavy atom. The standard InChI is InChI=1S/C16H13ClN2O/c17-14-7-4-6-13(12-14)16(20)19(11-5-10-18)15-8-2-1-3-9-15/h1-4,6-9,12H,5,11H2. The molecule has 0 heterocycles. The molecule has 0 bridgehead atoms. The Balaban J connectivity index is 2.32. The van der Waals surface area contributed by atoms with E-state index >= 15 is 0 Å². The number of benzene rings is 2. The number of carbonyl (C=O) groups excluding carboxylic acids is 1. The Kier molecular flexibility index (Phi) is 4.75. The van der Waals surface area contributed by atoms with Crippen LogP contribution in [0.4, 0.5) is 5.69 Å². The maximum Gasteiger partial charge on any atom is 0.258 e. The van der Waals surface area contributed by atoms with Gasteiger partial charge in [-0.2, -0.15) is 5.26 Å². The lowest BCUT2D eigenvalue weighted by Crippen LogP contribution is -2.31. The molecule has 0 aliphatic heterocycles. The molecule has 4 heteroatoms. The Morgan fingerprint density at radius 2 is 1.90 bits per heavy atom. The van der Waals surface area contributed by atoms with Gasteiger partial charge in [0.1, 0.15) is 0 Å². The van der Waals surface area contributed by atoms with E-state index in [1.807, 2.05) is 30.3 Å². The van der Waals surface area contributed by atoms with Crippen LogP contribution in [0.2, 0.25) is 5.02 Å². The van der Waals surface area contributed by atoms with Crippen molar-refractivity contribution in [2.45, 2.75) is 6.42 Å². The highest BCUT2D eigenvalue weighted by molar-refractivity contribution is 6.31. The Hall–Kier alpha value is -2.31. The Labute approximate surface area is 123 Å². The molecule has 2 rings (SSSR count). The lowest BCUT2D eigenvalue weighted by molar-refractivity contribution is 0.0987. The number of nitriles is 1. The molecule has 2 aromatic carbocycles. The molecule has 1 amide bonds. The molecule has 0 N–H and O–H groups in total. The topological polar surface area (TPSA) is 44.1 Å². The fourth-order valence-corrected chi connectivity index (χ4v) is 2.09. The van der Waals surface area contributed by atoms with E-state index in [9.17, 15) is 4.79 Å². The average molecular weight is 285 g/mol. The summed E-state index contributed by atoms with van der Waals surface area (Å²) >= 11 is 5.92. The molecule has 0 atom stereocenters. The van der Waals surface area contributed by atoms with E-state index in [2.05, 4.69) is 6.07 Å². The van der Waals surface area contributed by atoms with Gasteiger partial charge in [-0.3, -0.25) is 4.79 Å². The summed E-state index contributed by atoms with van der Waals surface area (Å²) in [4.78, 5) is 14.2. The molecule has 100 valence electrons. The van der Waals surface area contributed by atoms with Crippen molar-refractivity contribution in [3.63, 3.8) is 0 Å². The summed E-state index contributed by atoms with van der Waals surface area (Å²) in [5, 5.41) is 9.27. The normalized spacial score (nSPS) is 9.80. The summed E-state index contributed by atoms with van der Waals surface area (Å²) in [7, 11) is 0. The van der Waals surface area contributed by atoms with Crippen LogP contribution in [0.15, 0.2) is 54.6 Å². The first kappa shape index (κ1) is 14.1. The minimum absolute atomic E-state index is 0.158. The number of nitrogens with zero attached hydrogens (tertiary/aromatic N) is 2. The van der Waals surface area contributed by atoms with E-state index in [-0.39, 0.29) is 12.3 Å². The molecule has 0 aliphatic rings. The minimum Gasteiger partial charge on any atom is -0.307 e. The van der Waals surface area contributed by atoms with Crippen molar-refractivity contribution in [1.29, 1.82) is 5.26 Å². The van der Waals surface area contributed by atoms with Crippen LogP contribution in [0.5, 0.6) is 0 Å². The van der Waals surface area contributed by atoms with Gasteiger partial charge >= 0.3 is 0 Å². The van der Waals surface area contributed by atoms with Gasteiger partial charge in [0.15, 0.2) is 0 Å². The molecule has 0 saturated heterocycles.